The number of hydrogen-bond acceptors (Lipinski definition) is 4. The van der Waals surface area contributed by atoms with E-state index >= 15 is 0 Å². The molecule has 3 N–H and O–H groups in total. The molecule has 110 valence electrons. The van der Waals surface area contributed by atoms with Gasteiger partial charge in [-0.2, -0.15) is 0 Å². The Balaban J connectivity index is 2.51. The van der Waals surface area contributed by atoms with E-state index in [2.05, 4.69) is 0 Å². The molecule has 1 amide bonds. The smallest absolute Gasteiger partial charge is 0.265 e. The van der Waals surface area contributed by atoms with Crippen molar-refractivity contribution in [2.75, 3.05) is 11.4 Å². The number of hydrogen-bond donors (Lipinski definition) is 3. The lowest BCUT2D eigenvalue weighted by Crippen LogP contribution is -2.31. The number of carbonyl (C=O) groups is 1. The topological polar surface area (TPSA) is 81.0 Å². The Morgan fingerprint density at radius 2 is 1.71 bits per heavy atom. The maximum absolute atomic E-state index is 12.6. The molecule has 0 heterocycles. The third-order valence-corrected chi connectivity index (χ3v) is 3.28. The van der Waals surface area contributed by atoms with Gasteiger partial charge in [0, 0.05) is 12.6 Å². The van der Waals surface area contributed by atoms with Gasteiger partial charge in [0.1, 0.15) is 22.8 Å². The zero-order valence-corrected chi connectivity index (χ0v) is 11.9. The number of rotatable bonds is 3. The van der Waals surface area contributed by atoms with Crippen LogP contribution in [-0.4, -0.2) is 27.8 Å². The van der Waals surface area contributed by atoms with Crippen molar-refractivity contribution in [2.45, 2.75) is 13.8 Å². The molecule has 0 radical (unpaired) electrons. The SMILES string of the molecule is CCN(C(=O)c1c(O)cccc1O)c1cc(O)ccc1C. The minimum atomic E-state index is -0.526. The Morgan fingerprint density at radius 3 is 2.29 bits per heavy atom. The number of benzene rings is 2. The van der Waals surface area contributed by atoms with E-state index < -0.39 is 5.91 Å². The van der Waals surface area contributed by atoms with Crippen molar-refractivity contribution >= 4 is 11.6 Å². The third-order valence-electron chi connectivity index (χ3n) is 3.28. The summed E-state index contributed by atoms with van der Waals surface area (Å²) >= 11 is 0. The highest BCUT2D eigenvalue weighted by Gasteiger charge is 2.23. The number of aryl methyl sites for hydroxylation is 1. The second kappa shape index (κ2) is 5.75. The molecular weight excluding hydrogens is 270 g/mol. The molecule has 2 rings (SSSR count). The van der Waals surface area contributed by atoms with E-state index in [1.54, 1.807) is 13.0 Å². The molecular formula is C16H17NO4. The first-order valence-electron chi connectivity index (χ1n) is 6.58. The van der Waals surface area contributed by atoms with Crippen LogP contribution < -0.4 is 4.90 Å². The van der Waals surface area contributed by atoms with Crippen LogP contribution in [0, 0.1) is 6.92 Å². The summed E-state index contributed by atoms with van der Waals surface area (Å²) in [5.74, 6) is -1.04. The predicted molar refractivity (Wildman–Crippen MR) is 80.0 cm³/mol. The van der Waals surface area contributed by atoms with Crippen LogP contribution in [0.15, 0.2) is 36.4 Å². The number of phenols is 3. The summed E-state index contributed by atoms with van der Waals surface area (Å²) in [6, 6.07) is 8.86. The lowest BCUT2D eigenvalue weighted by Gasteiger charge is -2.24. The summed E-state index contributed by atoms with van der Waals surface area (Å²) in [5, 5.41) is 29.2. The molecule has 0 atom stereocenters. The van der Waals surface area contributed by atoms with Crippen molar-refractivity contribution in [3.8, 4) is 17.2 Å². The standard InChI is InChI=1S/C16H17NO4/c1-3-17(12-9-11(18)8-7-10(12)2)16(21)15-13(19)5-4-6-14(15)20/h4-9,18-20H,3H2,1-2H3. The molecule has 5 nitrogen and oxygen atoms in total. The van der Waals surface area contributed by atoms with Gasteiger partial charge in [0.15, 0.2) is 0 Å². The summed E-state index contributed by atoms with van der Waals surface area (Å²) in [4.78, 5) is 14.0. The number of aromatic hydroxyl groups is 3. The van der Waals surface area contributed by atoms with E-state index in [9.17, 15) is 20.1 Å². The van der Waals surface area contributed by atoms with E-state index in [0.29, 0.717) is 12.2 Å². The molecule has 0 bridgehead atoms. The fourth-order valence-corrected chi connectivity index (χ4v) is 2.19. The first-order chi connectivity index (χ1) is 9.95. The Bertz CT molecular complexity index is 662. The summed E-state index contributed by atoms with van der Waals surface area (Å²) in [6.45, 7) is 3.92. The van der Waals surface area contributed by atoms with E-state index in [1.165, 1.54) is 35.2 Å². The minimum Gasteiger partial charge on any atom is -0.508 e. The molecule has 0 aliphatic carbocycles. The van der Waals surface area contributed by atoms with Gasteiger partial charge in [-0.3, -0.25) is 4.79 Å². The molecule has 2 aromatic rings. The fourth-order valence-electron chi connectivity index (χ4n) is 2.19. The van der Waals surface area contributed by atoms with Crippen LogP contribution in [0.5, 0.6) is 17.2 Å². The van der Waals surface area contributed by atoms with Gasteiger partial charge in [0.25, 0.3) is 5.91 Å². The summed E-state index contributed by atoms with van der Waals surface area (Å²) < 4.78 is 0. The van der Waals surface area contributed by atoms with Gasteiger partial charge in [-0.15, -0.1) is 0 Å². The average molecular weight is 287 g/mol. The van der Waals surface area contributed by atoms with Crippen LogP contribution in [-0.2, 0) is 0 Å². The number of phenolic OH excluding ortho intramolecular Hbond substituents is 3. The maximum Gasteiger partial charge on any atom is 0.265 e. The number of nitrogens with zero attached hydrogens (tertiary/aromatic N) is 1. The van der Waals surface area contributed by atoms with Crippen molar-refractivity contribution in [3.05, 3.63) is 47.5 Å². The van der Waals surface area contributed by atoms with E-state index in [-0.39, 0.29) is 22.8 Å². The average Bonchev–Trinajstić information content (AvgIpc) is 2.43. The molecule has 0 fully saturated rings. The lowest BCUT2D eigenvalue weighted by molar-refractivity contribution is 0.0983. The first kappa shape index (κ1) is 14.7. The molecule has 2 aromatic carbocycles. The van der Waals surface area contributed by atoms with Gasteiger partial charge >= 0.3 is 0 Å². The van der Waals surface area contributed by atoms with Crippen LogP contribution in [0.2, 0.25) is 0 Å². The second-order valence-corrected chi connectivity index (χ2v) is 4.69. The van der Waals surface area contributed by atoms with E-state index in [0.717, 1.165) is 5.56 Å². The predicted octanol–water partition coefficient (Wildman–Crippen LogP) is 2.78. The zero-order chi connectivity index (χ0) is 15.6. The molecule has 0 saturated heterocycles. The summed E-state index contributed by atoms with van der Waals surface area (Å²) in [7, 11) is 0. The number of anilines is 1. The van der Waals surface area contributed by atoms with Crippen molar-refractivity contribution in [1.82, 2.24) is 0 Å². The molecule has 21 heavy (non-hydrogen) atoms. The van der Waals surface area contributed by atoms with Gasteiger partial charge in [-0.1, -0.05) is 12.1 Å². The zero-order valence-electron chi connectivity index (χ0n) is 11.9. The largest absolute Gasteiger partial charge is 0.508 e. The molecule has 0 spiro atoms. The van der Waals surface area contributed by atoms with Crippen LogP contribution >= 0.6 is 0 Å². The Kier molecular flexibility index (Phi) is 4.03. The third kappa shape index (κ3) is 2.76. The number of carbonyl (C=O) groups excluding carboxylic acids is 1. The Hall–Kier alpha value is -2.69. The van der Waals surface area contributed by atoms with Gasteiger partial charge in [-0.25, -0.2) is 0 Å². The van der Waals surface area contributed by atoms with Crippen molar-refractivity contribution in [1.29, 1.82) is 0 Å². The molecule has 5 heteroatoms. The number of amides is 1. The van der Waals surface area contributed by atoms with Crippen LogP contribution in [0.4, 0.5) is 5.69 Å². The maximum atomic E-state index is 12.6. The second-order valence-electron chi connectivity index (χ2n) is 4.69. The fraction of sp³-hybridized carbons (Fsp3) is 0.188. The molecule has 0 aliphatic rings. The van der Waals surface area contributed by atoms with Crippen molar-refractivity contribution < 1.29 is 20.1 Å². The first-order valence-corrected chi connectivity index (χ1v) is 6.58. The van der Waals surface area contributed by atoms with E-state index in [1.807, 2.05) is 6.92 Å². The van der Waals surface area contributed by atoms with Gasteiger partial charge in [0.2, 0.25) is 0 Å². The molecule has 0 saturated carbocycles. The highest BCUT2D eigenvalue weighted by Crippen LogP contribution is 2.31. The highest BCUT2D eigenvalue weighted by atomic mass is 16.3. The van der Waals surface area contributed by atoms with E-state index in [4.69, 9.17) is 0 Å². The van der Waals surface area contributed by atoms with Crippen molar-refractivity contribution in [3.63, 3.8) is 0 Å². The molecule has 0 aliphatic heterocycles. The monoisotopic (exact) mass is 287 g/mol. The summed E-state index contributed by atoms with van der Waals surface area (Å²) in [5.41, 5.74) is 1.19. The van der Waals surface area contributed by atoms with Crippen LogP contribution in [0.3, 0.4) is 0 Å². The highest BCUT2D eigenvalue weighted by molar-refractivity contribution is 6.10. The quantitative estimate of drug-likeness (QED) is 0.811. The van der Waals surface area contributed by atoms with Gasteiger partial charge in [-0.05, 0) is 37.6 Å². The normalized spacial score (nSPS) is 10.4. The van der Waals surface area contributed by atoms with Crippen molar-refractivity contribution in [2.24, 2.45) is 0 Å². The van der Waals surface area contributed by atoms with Gasteiger partial charge < -0.3 is 20.2 Å². The Labute approximate surface area is 122 Å². The van der Waals surface area contributed by atoms with Crippen LogP contribution in [0.25, 0.3) is 0 Å². The molecule has 0 unspecified atom stereocenters. The minimum absolute atomic E-state index is 0.0448. The summed E-state index contributed by atoms with van der Waals surface area (Å²) in [6.07, 6.45) is 0. The van der Waals surface area contributed by atoms with Crippen LogP contribution in [0.1, 0.15) is 22.8 Å². The van der Waals surface area contributed by atoms with Gasteiger partial charge in [0.05, 0.1) is 5.69 Å². The molecule has 0 aromatic heterocycles. The lowest BCUT2D eigenvalue weighted by atomic mass is 10.1. The Morgan fingerprint density at radius 1 is 1.10 bits per heavy atom.